The summed E-state index contributed by atoms with van der Waals surface area (Å²) in [7, 11) is -1.75. The largest absolute Gasteiger partial charge is 0.475 e. The smallest absolute Gasteiger partial charge is 0.426 e. The number of benzene rings is 1. The van der Waals surface area contributed by atoms with E-state index in [0.29, 0.717) is 39.1 Å². The van der Waals surface area contributed by atoms with Crippen LogP contribution in [-0.4, -0.2) is 78.1 Å². The Morgan fingerprint density at radius 3 is 2.37 bits per heavy atom. The molecule has 2 atom stereocenters. The van der Waals surface area contributed by atoms with E-state index in [9.17, 15) is 24.4 Å². The Balaban J connectivity index is 1.61. The molecule has 2 fully saturated rings. The molecule has 0 aromatic heterocycles. The summed E-state index contributed by atoms with van der Waals surface area (Å²) in [5.41, 5.74) is 1.12. The molecule has 1 heterocycles. The van der Waals surface area contributed by atoms with Gasteiger partial charge in [-0.1, -0.05) is 49.6 Å². The van der Waals surface area contributed by atoms with E-state index in [1.165, 1.54) is 0 Å². The number of rotatable bonds is 11. The maximum absolute atomic E-state index is 13.2. The van der Waals surface area contributed by atoms with Crippen LogP contribution in [0, 0.1) is 5.92 Å². The highest BCUT2D eigenvalue weighted by Crippen LogP contribution is 2.24. The lowest BCUT2D eigenvalue weighted by Gasteiger charge is -2.30. The highest BCUT2D eigenvalue weighted by molar-refractivity contribution is 6.43. The first-order valence-corrected chi connectivity index (χ1v) is 12.8. The van der Waals surface area contributed by atoms with Crippen LogP contribution in [0.1, 0.15) is 56.9 Å². The molecule has 1 aliphatic heterocycles. The van der Waals surface area contributed by atoms with Crippen LogP contribution in [0.25, 0.3) is 0 Å². The van der Waals surface area contributed by atoms with Crippen LogP contribution in [0.5, 0.6) is 0 Å². The quantitative estimate of drug-likeness (QED) is 0.342. The van der Waals surface area contributed by atoms with Gasteiger partial charge in [0.2, 0.25) is 17.7 Å². The van der Waals surface area contributed by atoms with Crippen molar-refractivity contribution in [3.8, 4) is 0 Å². The predicted octanol–water partition coefficient (Wildman–Crippen LogP) is 0.820. The minimum Gasteiger partial charge on any atom is -0.426 e. The summed E-state index contributed by atoms with van der Waals surface area (Å²) in [5, 5.41) is 25.2. The van der Waals surface area contributed by atoms with Crippen LogP contribution in [0.4, 0.5) is 0 Å². The van der Waals surface area contributed by atoms with Crippen molar-refractivity contribution in [2.75, 3.05) is 26.3 Å². The fraction of sp³-hybridized carbons (Fsp3) is 0.640. The van der Waals surface area contributed by atoms with E-state index in [0.717, 1.165) is 44.1 Å². The number of amides is 3. The number of morpholine rings is 1. The molecule has 192 valence electrons. The Labute approximate surface area is 207 Å². The first-order valence-electron chi connectivity index (χ1n) is 12.8. The normalized spacial score (nSPS) is 18.4. The van der Waals surface area contributed by atoms with Crippen LogP contribution in [-0.2, 0) is 25.5 Å². The van der Waals surface area contributed by atoms with Gasteiger partial charge in [-0.3, -0.25) is 14.4 Å². The Kier molecular flexibility index (Phi) is 11.0. The van der Waals surface area contributed by atoms with Gasteiger partial charge in [0.25, 0.3) is 0 Å². The molecule has 2 aliphatic rings. The fourth-order valence-corrected chi connectivity index (χ4v) is 4.73. The topological polar surface area (TPSA) is 128 Å². The number of carbonyl (C=O) groups is 3. The van der Waals surface area contributed by atoms with Crippen molar-refractivity contribution in [2.45, 2.75) is 69.8 Å². The maximum Gasteiger partial charge on any atom is 0.475 e. The van der Waals surface area contributed by atoms with Gasteiger partial charge in [0.15, 0.2) is 0 Å². The lowest BCUT2D eigenvalue weighted by atomic mass is 9.76. The molecule has 3 rings (SSSR count). The average molecular weight is 487 g/mol. The number of hydrogen-bond donors (Lipinski definition) is 4. The van der Waals surface area contributed by atoms with Crippen molar-refractivity contribution >= 4 is 24.8 Å². The summed E-state index contributed by atoms with van der Waals surface area (Å²) in [6.45, 7) is 1.77. The molecule has 4 N–H and O–H groups in total. The highest BCUT2D eigenvalue weighted by atomic mass is 16.5. The summed E-state index contributed by atoms with van der Waals surface area (Å²) < 4.78 is 5.30. The molecule has 1 saturated heterocycles. The molecule has 1 saturated carbocycles. The van der Waals surface area contributed by atoms with Crippen LogP contribution in [0.3, 0.4) is 0 Å². The lowest BCUT2D eigenvalue weighted by molar-refractivity contribution is -0.139. The molecular weight excluding hydrogens is 449 g/mol. The van der Waals surface area contributed by atoms with Gasteiger partial charge in [0.05, 0.1) is 25.6 Å². The average Bonchev–Trinajstić information content (AvgIpc) is 2.89. The fourth-order valence-electron chi connectivity index (χ4n) is 4.73. The number of hydrogen-bond acceptors (Lipinski definition) is 6. The van der Waals surface area contributed by atoms with Crippen LogP contribution in [0.2, 0.25) is 0 Å². The van der Waals surface area contributed by atoms with Crippen LogP contribution in [0.15, 0.2) is 30.3 Å². The van der Waals surface area contributed by atoms with E-state index in [4.69, 9.17) is 4.74 Å². The summed E-state index contributed by atoms with van der Waals surface area (Å²) in [4.78, 5) is 40.6. The number of aryl methyl sites for hydroxylation is 1. The highest BCUT2D eigenvalue weighted by Gasteiger charge is 2.33. The number of nitrogens with zero attached hydrogens (tertiary/aromatic N) is 1. The Hall–Kier alpha value is -2.43. The van der Waals surface area contributed by atoms with E-state index in [1.807, 2.05) is 30.3 Å². The Morgan fingerprint density at radius 2 is 1.71 bits per heavy atom. The molecule has 1 unspecified atom stereocenters. The molecule has 1 aromatic rings. The zero-order valence-electron chi connectivity index (χ0n) is 20.4. The first-order chi connectivity index (χ1) is 16.9. The SMILES string of the molecule is O=C(NC(CC(=O)N1CCOCC1)C(=O)N[C@@H](CCCc1ccccc1)B(O)O)C1CCCCC1. The molecule has 0 spiro atoms. The van der Waals surface area contributed by atoms with Crippen molar-refractivity contribution in [3.63, 3.8) is 0 Å². The van der Waals surface area contributed by atoms with Gasteiger partial charge in [-0.15, -0.1) is 0 Å². The van der Waals surface area contributed by atoms with Crippen molar-refractivity contribution in [1.82, 2.24) is 15.5 Å². The van der Waals surface area contributed by atoms with Crippen molar-refractivity contribution in [1.29, 1.82) is 0 Å². The van der Waals surface area contributed by atoms with Crippen molar-refractivity contribution in [2.24, 2.45) is 5.92 Å². The lowest BCUT2D eigenvalue weighted by Crippen LogP contribution is -2.56. The van der Waals surface area contributed by atoms with Gasteiger partial charge in [0.1, 0.15) is 6.04 Å². The number of nitrogens with one attached hydrogen (secondary N) is 2. The second kappa shape index (κ2) is 14.2. The van der Waals surface area contributed by atoms with Gasteiger partial charge >= 0.3 is 7.12 Å². The van der Waals surface area contributed by atoms with Crippen molar-refractivity contribution in [3.05, 3.63) is 35.9 Å². The minimum absolute atomic E-state index is 0.164. The zero-order valence-corrected chi connectivity index (χ0v) is 20.4. The Bertz CT molecular complexity index is 781. The molecule has 35 heavy (non-hydrogen) atoms. The second-order valence-corrected chi connectivity index (χ2v) is 9.50. The van der Waals surface area contributed by atoms with Crippen molar-refractivity contribution < 1.29 is 29.2 Å². The van der Waals surface area contributed by atoms with E-state index in [2.05, 4.69) is 10.6 Å². The van der Waals surface area contributed by atoms with Gasteiger partial charge in [0, 0.05) is 19.0 Å². The summed E-state index contributed by atoms with van der Waals surface area (Å²) in [5.74, 6) is -2.10. The zero-order chi connectivity index (χ0) is 25.0. The van der Waals surface area contributed by atoms with Gasteiger partial charge < -0.3 is 30.3 Å². The van der Waals surface area contributed by atoms with E-state index >= 15 is 0 Å². The Morgan fingerprint density at radius 1 is 1.03 bits per heavy atom. The molecule has 1 aromatic carbocycles. The van der Waals surface area contributed by atoms with Gasteiger partial charge in [-0.05, 0) is 37.7 Å². The molecule has 3 amide bonds. The number of carbonyl (C=O) groups excluding carboxylic acids is 3. The third kappa shape index (κ3) is 8.94. The second-order valence-electron chi connectivity index (χ2n) is 9.50. The predicted molar refractivity (Wildman–Crippen MR) is 132 cm³/mol. The minimum atomic E-state index is -1.75. The third-order valence-corrected chi connectivity index (χ3v) is 6.86. The molecule has 10 heteroatoms. The molecule has 0 bridgehead atoms. The monoisotopic (exact) mass is 487 g/mol. The molecule has 1 aliphatic carbocycles. The first kappa shape index (κ1) is 27.2. The van der Waals surface area contributed by atoms with Crippen LogP contribution < -0.4 is 10.6 Å². The summed E-state index contributed by atoms with van der Waals surface area (Å²) in [6, 6.07) is 8.74. The maximum atomic E-state index is 13.2. The number of ether oxygens (including phenoxy) is 1. The molecular formula is C25H38BN3O6. The molecule has 0 radical (unpaired) electrons. The third-order valence-electron chi connectivity index (χ3n) is 6.86. The summed E-state index contributed by atoms with van der Waals surface area (Å²) in [6.07, 6.45) is 6.13. The van der Waals surface area contributed by atoms with Gasteiger partial charge in [-0.2, -0.15) is 0 Å². The van der Waals surface area contributed by atoms with E-state index in [-0.39, 0.29) is 24.2 Å². The van der Waals surface area contributed by atoms with Gasteiger partial charge in [-0.25, -0.2) is 0 Å². The standard InChI is InChI=1S/C25H38BN3O6/c30-23(29-14-16-35-17-15-29)18-21(27-24(31)20-11-5-2-6-12-20)25(32)28-22(26(33)34)13-7-10-19-8-3-1-4-9-19/h1,3-4,8-9,20-22,33-34H,2,5-7,10-18H2,(H,27,31)(H,28,32)/t21?,22-/m0/s1. The molecule has 9 nitrogen and oxygen atoms in total. The van der Waals surface area contributed by atoms with Crippen LogP contribution >= 0.6 is 0 Å². The summed E-state index contributed by atoms with van der Waals surface area (Å²) >= 11 is 0. The van der Waals surface area contributed by atoms with E-state index in [1.54, 1.807) is 4.90 Å². The van der Waals surface area contributed by atoms with E-state index < -0.39 is 25.0 Å².